The molecule has 0 fully saturated rings. The summed E-state index contributed by atoms with van der Waals surface area (Å²) in [6, 6.07) is 56.1. The third-order valence-electron chi connectivity index (χ3n) is 8.71. The number of furan rings is 1. The predicted octanol–water partition coefficient (Wildman–Crippen LogP) is 11.3. The number of hydrogen-bond donors (Lipinski definition) is 0. The summed E-state index contributed by atoms with van der Waals surface area (Å²) in [5, 5.41) is 3.10. The molecule has 3 heterocycles. The molecule has 0 unspecified atom stereocenters. The minimum absolute atomic E-state index is 0.692. The Kier molecular flexibility index (Phi) is 6.43. The Morgan fingerprint density at radius 2 is 0.894 bits per heavy atom. The van der Waals surface area contributed by atoms with E-state index in [4.69, 9.17) is 19.4 Å². The minimum Gasteiger partial charge on any atom is -0.455 e. The van der Waals surface area contributed by atoms with Crippen LogP contribution in [0.1, 0.15) is 0 Å². The Labute approximate surface area is 271 Å². The average Bonchev–Trinajstić information content (AvgIpc) is 3.55. The van der Waals surface area contributed by atoms with Crippen LogP contribution in [0, 0.1) is 0 Å². The van der Waals surface area contributed by atoms with Gasteiger partial charge in [0, 0.05) is 33.0 Å². The smallest absolute Gasteiger partial charge is 0.160 e. The van der Waals surface area contributed by atoms with Gasteiger partial charge in [0.25, 0.3) is 0 Å². The fourth-order valence-electron chi connectivity index (χ4n) is 6.34. The quantitative estimate of drug-likeness (QED) is 0.197. The van der Waals surface area contributed by atoms with Crippen LogP contribution in [0.5, 0.6) is 0 Å². The number of nitrogens with zero attached hydrogens (tertiary/aromatic N) is 3. The van der Waals surface area contributed by atoms with Crippen LogP contribution in [0.3, 0.4) is 0 Å². The topological polar surface area (TPSA) is 51.8 Å². The van der Waals surface area contributed by atoms with E-state index < -0.39 is 0 Å². The molecule has 9 aromatic rings. The number of aromatic nitrogens is 3. The van der Waals surface area contributed by atoms with E-state index in [1.165, 1.54) is 11.1 Å². The van der Waals surface area contributed by atoms with Crippen LogP contribution in [-0.4, -0.2) is 15.0 Å². The Balaban J connectivity index is 1.16. The standard InChI is InChI=1S/C43H27N3O/c1-3-11-28(12-4-1)29-19-21-30(22-20-29)37-27-38(46-43(45-37)33-13-5-2-6-14-33)31-23-25-32(26-24-31)41-40-35-16-8-10-18-39(35)47-42(40)34-15-7-9-17-36(34)44-41/h1-27H. The second-order valence-electron chi connectivity index (χ2n) is 11.6. The molecule has 0 amide bonds. The van der Waals surface area contributed by atoms with Crippen molar-refractivity contribution in [3.05, 3.63) is 164 Å². The largest absolute Gasteiger partial charge is 0.455 e. The van der Waals surface area contributed by atoms with Gasteiger partial charge in [0.2, 0.25) is 0 Å². The Hall–Kier alpha value is -6.39. The van der Waals surface area contributed by atoms with Gasteiger partial charge in [-0.3, -0.25) is 0 Å². The van der Waals surface area contributed by atoms with E-state index in [2.05, 4.69) is 103 Å². The number of pyridine rings is 1. The van der Waals surface area contributed by atoms with E-state index in [1.54, 1.807) is 0 Å². The number of fused-ring (bicyclic) bond motifs is 5. The molecule has 220 valence electrons. The summed E-state index contributed by atoms with van der Waals surface area (Å²) < 4.78 is 6.41. The number of rotatable bonds is 5. The van der Waals surface area contributed by atoms with Gasteiger partial charge in [-0.2, -0.15) is 0 Å². The summed E-state index contributed by atoms with van der Waals surface area (Å²) in [5.41, 5.74) is 11.7. The number of hydrogen-bond acceptors (Lipinski definition) is 4. The van der Waals surface area contributed by atoms with Gasteiger partial charge >= 0.3 is 0 Å². The normalized spacial score (nSPS) is 11.4. The van der Waals surface area contributed by atoms with Crippen LogP contribution < -0.4 is 0 Å². The summed E-state index contributed by atoms with van der Waals surface area (Å²) >= 11 is 0. The van der Waals surface area contributed by atoms with E-state index in [0.29, 0.717) is 5.82 Å². The fourth-order valence-corrected chi connectivity index (χ4v) is 6.34. The summed E-state index contributed by atoms with van der Waals surface area (Å²) in [7, 11) is 0. The van der Waals surface area contributed by atoms with Crippen molar-refractivity contribution in [2.75, 3.05) is 0 Å². The highest BCUT2D eigenvalue weighted by molar-refractivity contribution is 6.19. The minimum atomic E-state index is 0.692. The van der Waals surface area contributed by atoms with Crippen LogP contribution in [0.2, 0.25) is 0 Å². The summed E-state index contributed by atoms with van der Waals surface area (Å²) in [6.07, 6.45) is 0. The van der Waals surface area contributed by atoms with Gasteiger partial charge in [-0.05, 0) is 35.4 Å². The van der Waals surface area contributed by atoms with Crippen LogP contribution >= 0.6 is 0 Å². The first kappa shape index (κ1) is 27.0. The first-order chi connectivity index (χ1) is 23.3. The van der Waals surface area contributed by atoms with Crippen molar-refractivity contribution in [3.63, 3.8) is 0 Å². The Morgan fingerprint density at radius 3 is 1.57 bits per heavy atom. The van der Waals surface area contributed by atoms with E-state index >= 15 is 0 Å². The van der Waals surface area contributed by atoms with Crippen molar-refractivity contribution >= 4 is 32.8 Å². The van der Waals surface area contributed by atoms with E-state index in [1.807, 2.05) is 60.7 Å². The SMILES string of the molecule is c1ccc(-c2ccc(-c3cc(-c4ccc(-c5nc6ccccc6c6oc7ccccc7c56)cc4)nc(-c4ccccc4)n3)cc2)cc1. The monoisotopic (exact) mass is 601 g/mol. The number of para-hydroxylation sites is 2. The maximum absolute atomic E-state index is 6.41. The van der Waals surface area contributed by atoms with Crippen molar-refractivity contribution < 1.29 is 4.42 Å². The lowest BCUT2D eigenvalue weighted by atomic mass is 9.99. The van der Waals surface area contributed by atoms with Crippen LogP contribution in [0.25, 0.3) is 89.1 Å². The molecule has 0 aliphatic rings. The molecule has 0 saturated carbocycles. The lowest BCUT2D eigenvalue weighted by Gasteiger charge is -2.11. The molecule has 4 heteroatoms. The number of benzene rings is 6. The van der Waals surface area contributed by atoms with Gasteiger partial charge in [-0.1, -0.05) is 140 Å². The Bertz CT molecular complexity index is 2540. The summed E-state index contributed by atoms with van der Waals surface area (Å²) in [5.74, 6) is 0.692. The summed E-state index contributed by atoms with van der Waals surface area (Å²) in [4.78, 5) is 15.2. The van der Waals surface area contributed by atoms with Crippen molar-refractivity contribution in [1.29, 1.82) is 0 Å². The third kappa shape index (κ3) is 4.84. The molecule has 0 radical (unpaired) electrons. The molecule has 6 aromatic carbocycles. The van der Waals surface area contributed by atoms with Crippen LogP contribution in [-0.2, 0) is 0 Å². The molecular weight excluding hydrogens is 574 g/mol. The van der Waals surface area contributed by atoms with Crippen molar-refractivity contribution in [1.82, 2.24) is 15.0 Å². The van der Waals surface area contributed by atoms with Crippen molar-refractivity contribution in [2.45, 2.75) is 0 Å². The highest BCUT2D eigenvalue weighted by Gasteiger charge is 2.18. The zero-order chi connectivity index (χ0) is 31.2. The molecule has 3 aromatic heterocycles. The molecule has 47 heavy (non-hydrogen) atoms. The first-order valence-corrected chi connectivity index (χ1v) is 15.7. The Morgan fingerprint density at radius 1 is 0.383 bits per heavy atom. The second-order valence-corrected chi connectivity index (χ2v) is 11.6. The highest BCUT2D eigenvalue weighted by atomic mass is 16.3. The van der Waals surface area contributed by atoms with Crippen LogP contribution in [0.4, 0.5) is 0 Å². The highest BCUT2D eigenvalue weighted by Crippen LogP contribution is 2.40. The van der Waals surface area contributed by atoms with E-state index in [9.17, 15) is 0 Å². The fraction of sp³-hybridized carbons (Fsp3) is 0. The predicted molar refractivity (Wildman–Crippen MR) is 192 cm³/mol. The van der Waals surface area contributed by atoms with Crippen LogP contribution in [0.15, 0.2) is 168 Å². The van der Waals surface area contributed by atoms with E-state index in [0.717, 1.165) is 72.2 Å². The zero-order valence-corrected chi connectivity index (χ0v) is 25.3. The lowest BCUT2D eigenvalue weighted by Crippen LogP contribution is -1.96. The molecule has 0 atom stereocenters. The van der Waals surface area contributed by atoms with Gasteiger partial charge in [0.1, 0.15) is 11.2 Å². The second kappa shape index (κ2) is 11.2. The third-order valence-corrected chi connectivity index (χ3v) is 8.71. The van der Waals surface area contributed by atoms with Crippen molar-refractivity contribution in [2.24, 2.45) is 0 Å². The molecule has 0 aliphatic heterocycles. The maximum Gasteiger partial charge on any atom is 0.160 e. The van der Waals surface area contributed by atoms with Gasteiger partial charge in [0.15, 0.2) is 5.82 Å². The molecule has 0 aliphatic carbocycles. The van der Waals surface area contributed by atoms with Gasteiger partial charge in [0.05, 0.1) is 28.0 Å². The molecule has 0 saturated heterocycles. The van der Waals surface area contributed by atoms with Gasteiger partial charge < -0.3 is 4.42 Å². The van der Waals surface area contributed by atoms with Crippen molar-refractivity contribution in [3.8, 4) is 56.3 Å². The lowest BCUT2D eigenvalue weighted by molar-refractivity contribution is 0.672. The van der Waals surface area contributed by atoms with E-state index in [-0.39, 0.29) is 0 Å². The molecule has 0 spiro atoms. The maximum atomic E-state index is 6.41. The zero-order valence-electron chi connectivity index (χ0n) is 25.3. The molecular formula is C43H27N3O. The molecule has 0 bridgehead atoms. The first-order valence-electron chi connectivity index (χ1n) is 15.7. The molecule has 4 nitrogen and oxygen atoms in total. The van der Waals surface area contributed by atoms with Gasteiger partial charge in [-0.15, -0.1) is 0 Å². The molecule has 0 N–H and O–H groups in total. The molecule has 9 rings (SSSR count). The average molecular weight is 602 g/mol. The van der Waals surface area contributed by atoms with Gasteiger partial charge in [-0.25, -0.2) is 15.0 Å². The summed E-state index contributed by atoms with van der Waals surface area (Å²) in [6.45, 7) is 0.